The highest BCUT2D eigenvalue weighted by molar-refractivity contribution is 7.10. The molecule has 0 fully saturated rings. The zero-order valence-electron chi connectivity index (χ0n) is 11.6. The van der Waals surface area contributed by atoms with E-state index in [1.165, 1.54) is 23.1 Å². The summed E-state index contributed by atoms with van der Waals surface area (Å²) in [4.78, 5) is 25.3. The second-order valence-electron chi connectivity index (χ2n) is 4.64. The molecule has 2 N–H and O–H groups in total. The molecule has 1 atom stereocenters. The Balaban J connectivity index is 2.31. The average molecular weight is 305 g/mol. The van der Waals surface area contributed by atoms with Crippen molar-refractivity contribution in [3.05, 3.63) is 56.3 Å². The Morgan fingerprint density at radius 3 is 2.71 bits per heavy atom. The van der Waals surface area contributed by atoms with Crippen LogP contribution in [-0.2, 0) is 0 Å². The number of amides is 1. The van der Waals surface area contributed by atoms with E-state index in [1.54, 1.807) is 18.4 Å². The molecule has 110 valence electrons. The molecule has 0 bridgehead atoms. The molecule has 0 aliphatic heterocycles. The smallest absolute Gasteiger partial charge is 0.270 e. The van der Waals surface area contributed by atoms with E-state index in [2.05, 4.69) is 0 Å². The molecule has 0 spiro atoms. The van der Waals surface area contributed by atoms with Crippen LogP contribution in [0.3, 0.4) is 0 Å². The molecule has 6 nitrogen and oxygen atoms in total. The summed E-state index contributed by atoms with van der Waals surface area (Å²) >= 11 is 1.55. The van der Waals surface area contributed by atoms with Crippen LogP contribution in [0.15, 0.2) is 35.7 Å². The van der Waals surface area contributed by atoms with Crippen LogP contribution in [0.2, 0.25) is 0 Å². The highest BCUT2D eigenvalue weighted by Gasteiger charge is 2.23. The first kappa shape index (κ1) is 15.0. The van der Waals surface area contributed by atoms with Crippen LogP contribution < -0.4 is 5.73 Å². The second-order valence-corrected chi connectivity index (χ2v) is 5.62. The van der Waals surface area contributed by atoms with E-state index in [0.29, 0.717) is 0 Å². The number of nitro groups is 1. The summed E-state index contributed by atoms with van der Waals surface area (Å²) in [7, 11) is 1.66. The predicted molar refractivity (Wildman–Crippen MR) is 82.3 cm³/mol. The number of nitrogens with zero attached hydrogens (tertiary/aromatic N) is 2. The van der Waals surface area contributed by atoms with Gasteiger partial charge in [0.25, 0.3) is 11.6 Å². The standard InChI is InChI=1S/C14H15N3O3S/c1-9(13-4-3-7-21-13)16(2)14(18)11-8-10(17(19)20)5-6-12(11)15/h3-9H,15H2,1-2H3. The number of carbonyl (C=O) groups is 1. The Bertz CT molecular complexity index is 670. The monoisotopic (exact) mass is 305 g/mol. The van der Waals surface area contributed by atoms with Gasteiger partial charge < -0.3 is 10.6 Å². The summed E-state index contributed by atoms with van der Waals surface area (Å²) in [5.74, 6) is -0.336. The van der Waals surface area contributed by atoms with Crippen LogP contribution in [0.5, 0.6) is 0 Å². The number of carbonyl (C=O) groups excluding carboxylic acids is 1. The first-order chi connectivity index (χ1) is 9.91. The van der Waals surface area contributed by atoms with Crippen molar-refractivity contribution in [1.82, 2.24) is 4.90 Å². The third-order valence-corrected chi connectivity index (χ3v) is 4.38. The van der Waals surface area contributed by atoms with Gasteiger partial charge in [-0.1, -0.05) is 6.07 Å². The molecule has 1 amide bonds. The molecule has 2 rings (SSSR count). The summed E-state index contributed by atoms with van der Waals surface area (Å²) in [6, 6.07) is 7.61. The fourth-order valence-electron chi connectivity index (χ4n) is 1.93. The van der Waals surface area contributed by atoms with Gasteiger partial charge in [-0.05, 0) is 24.4 Å². The Morgan fingerprint density at radius 2 is 2.14 bits per heavy atom. The molecule has 0 aliphatic carbocycles. The molecule has 0 radical (unpaired) electrons. The molecule has 0 saturated heterocycles. The number of rotatable bonds is 4. The lowest BCUT2D eigenvalue weighted by molar-refractivity contribution is -0.384. The number of thiophene rings is 1. The largest absolute Gasteiger partial charge is 0.398 e. The minimum absolute atomic E-state index is 0.129. The molecule has 1 aromatic heterocycles. The third-order valence-electron chi connectivity index (χ3n) is 3.33. The van der Waals surface area contributed by atoms with Crippen molar-refractivity contribution in [3.63, 3.8) is 0 Å². The average Bonchev–Trinajstić information content (AvgIpc) is 2.99. The Morgan fingerprint density at radius 1 is 1.43 bits per heavy atom. The fraction of sp³-hybridized carbons (Fsp3) is 0.214. The maximum absolute atomic E-state index is 12.5. The summed E-state index contributed by atoms with van der Waals surface area (Å²) in [6.45, 7) is 1.90. The van der Waals surface area contributed by atoms with Gasteiger partial charge in [-0.2, -0.15) is 0 Å². The van der Waals surface area contributed by atoms with E-state index in [1.807, 2.05) is 24.4 Å². The zero-order chi connectivity index (χ0) is 15.6. The molecule has 1 aromatic carbocycles. The maximum Gasteiger partial charge on any atom is 0.270 e. The normalized spacial score (nSPS) is 11.9. The molecule has 0 aliphatic rings. The van der Waals surface area contributed by atoms with E-state index in [0.717, 1.165) is 4.88 Å². The quantitative estimate of drug-likeness (QED) is 0.534. The zero-order valence-corrected chi connectivity index (χ0v) is 12.5. The van der Waals surface area contributed by atoms with Crippen molar-refractivity contribution in [2.24, 2.45) is 0 Å². The molecule has 1 heterocycles. The number of hydrogen-bond donors (Lipinski definition) is 1. The molecule has 7 heteroatoms. The minimum Gasteiger partial charge on any atom is -0.398 e. The maximum atomic E-state index is 12.5. The molecule has 2 aromatic rings. The van der Waals surface area contributed by atoms with E-state index in [4.69, 9.17) is 5.73 Å². The lowest BCUT2D eigenvalue weighted by Crippen LogP contribution is -2.29. The van der Waals surface area contributed by atoms with Crippen molar-refractivity contribution in [3.8, 4) is 0 Å². The number of benzene rings is 1. The van der Waals surface area contributed by atoms with Gasteiger partial charge in [0.1, 0.15) is 0 Å². The van der Waals surface area contributed by atoms with Crippen LogP contribution in [0.4, 0.5) is 11.4 Å². The number of anilines is 1. The second kappa shape index (κ2) is 5.92. The van der Waals surface area contributed by atoms with E-state index < -0.39 is 4.92 Å². The molecule has 0 saturated carbocycles. The van der Waals surface area contributed by atoms with Crippen molar-refractivity contribution >= 4 is 28.6 Å². The van der Waals surface area contributed by atoms with E-state index in [9.17, 15) is 14.9 Å². The molecular formula is C14H15N3O3S. The van der Waals surface area contributed by atoms with E-state index in [-0.39, 0.29) is 28.9 Å². The summed E-state index contributed by atoms with van der Waals surface area (Å²) in [6.07, 6.45) is 0. The van der Waals surface area contributed by atoms with Crippen molar-refractivity contribution in [2.75, 3.05) is 12.8 Å². The Labute approximate surface area is 126 Å². The first-order valence-electron chi connectivity index (χ1n) is 6.26. The van der Waals surface area contributed by atoms with Gasteiger partial charge in [-0.25, -0.2) is 0 Å². The minimum atomic E-state index is -0.543. The van der Waals surface area contributed by atoms with Crippen molar-refractivity contribution in [1.29, 1.82) is 0 Å². The van der Waals surface area contributed by atoms with Gasteiger partial charge >= 0.3 is 0 Å². The van der Waals surface area contributed by atoms with Gasteiger partial charge in [0.05, 0.1) is 16.5 Å². The lowest BCUT2D eigenvalue weighted by Gasteiger charge is -2.24. The number of nitro benzene ring substituents is 1. The number of hydrogen-bond acceptors (Lipinski definition) is 5. The first-order valence-corrected chi connectivity index (χ1v) is 7.14. The van der Waals surface area contributed by atoms with Crippen molar-refractivity contribution < 1.29 is 9.72 Å². The van der Waals surface area contributed by atoms with Gasteiger partial charge in [-0.3, -0.25) is 14.9 Å². The summed E-state index contributed by atoms with van der Waals surface area (Å²) in [5.41, 5.74) is 6.01. The van der Waals surface area contributed by atoms with Gasteiger partial charge in [-0.15, -0.1) is 11.3 Å². The summed E-state index contributed by atoms with van der Waals surface area (Å²) in [5, 5.41) is 12.8. The summed E-state index contributed by atoms with van der Waals surface area (Å²) < 4.78 is 0. The third kappa shape index (κ3) is 3.03. The molecule has 21 heavy (non-hydrogen) atoms. The van der Waals surface area contributed by atoms with Crippen LogP contribution in [0, 0.1) is 10.1 Å². The van der Waals surface area contributed by atoms with Crippen LogP contribution in [-0.4, -0.2) is 22.8 Å². The van der Waals surface area contributed by atoms with Crippen molar-refractivity contribution in [2.45, 2.75) is 13.0 Å². The van der Waals surface area contributed by atoms with Crippen LogP contribution in [0.25, 0.3) is 0 Å². The highest BCUT2D eigenvalue weighted by atomic mass is 32.1. The fourth-order valence-corrected chi connectivity index (χ4v) is 2.76. The number of nitrogens with two attached hydrogens (primary N) is 1. The van der Waals surface area contributed by atoms with E-state index >= 15 is 0 Å². The molecular weight excluding hydrogens is 290 g/mol. The number of non-ortho nitro benzene ring substituents is 1. The topological polar surface area (TPSA) is 89.5 Å². The Kier molecular flexibility index (Phi) is 4.23. The van der Waals surface area contributed by atoms with Crippen LogP contribution in [0.1, 0.15) is 28.2 Å². The lowest BCUT2D eigenvalue weighted by atomic mass is 10.1. The highest BCUT2D eigenvalue weighted by Crippen LogP contribution is 2.27. The van der Waals surface area contributed by atoms with Gasteiger partial charge in [0.15, 0.2) is 0 Å². The van der Waals surface area contributed by atoms with Crippen LogP contribution >= 0.6 is 11.3 Å². The SMILES string of the molecule is CC(c1cccs1)N(C)C(=O)c1cc([N+](=O)[O-])ccc1N. The number of nitrogen functional groups attached to an aromatic ring is 1. The molecule has 1 unspecified atom stereocenters. The van der Waals surface area contributed by atoms with Gasteiger partial charge in [0.2, 0.25) is 0 Å². The predicted octanol–water partition coefficient (Wildman–Crippen LogP) is 3.07. The Hall–Kier alpha value is -2.41. The van der Waals surface area contributed by atoms with Gasteiger partial charge in [0, 0.05) is 29.7 Å².